The van der Waals surface area contributed by atoms with E-state index < -0.39 is 0 Å². The predicted molar refractivity (Wildman–Crippen MR) is 81.9 cm³/mol. The third kappa shape index (κ3) is 2.66. The number of para-hydroxylation sites is 1. The molecule has 1 aliphatic carbocycles. The van der Waals surface area contributed by atoms with E-state index in [2.05, 4.69) is 11.4 Å². The van der Waals surface area contributed by atoms with Gasteiger partial charge in [-0.3, -0.25) is 4.79 Å². The van der Waals surface area contributed by atoms with Crippen molar-refractivity contribution in [3.63, 3.8) is 0 Å². The number of benzene rings is 1. The standard InChI is InChI=1S/C17H21N3O/c1-20(16-9-5-3-7-13(16)11-18)17(21)15-10-12-6-2-4-8-14(12)19-15/h3,5,7,9,12,14-15,19H,2,4,6,8,10H2,1H3. The highest BCUT2D eigenvalue weighted by Gasteiger charge is 2.39. The lowest BCUT2D eigenvalue weighted by Gasteiger charge is -2.24. The van der Waals surface area contributed by atoms with Crippen LogP contribution in [-0.2, 0) is 4.79 Å². The van der Waals surface area contributed by atoms with Crippen molar-refractivity contribution in [1.29, 1.82) is 5.26 Å². The molecule has 1 aromatic rings. The maximum absolute atomic E-state index is 12.7. The third-order valence-electron chi connectivity index (χ3n) is 4.88. The lowest BCUT2D eigenvalue weighted by atomic mass is 9.85. The molecule has 1 N–H and O–H groups in total. The number of anilines is 1. The molecule has 4 nitrogen and oxygen atoms in total. The van der Waals surface area contributed by atoms with Gasteiger partial charge in [-0.15, -0.1) is 0 Å². The highest BCUT2D eigenvalue weighted by atomic mass is 16.2. The number of amides is 1. The summed E-state index contributed by atoms with van der Waals surface area (Å²) < 4.78 is 0. The number of nitriles is 1. The van der Waals surface area contributed by atoms with Crippen LogP contribution < -0.4 is 10.2 Å². The zero-order valence-electron chi connectivity index (χ0n) is 12.4. The van der Waals surface area contributed by atoms with E-state index in [0.29, 0.717) is 23.2 Å². The van der Waals surface area contributed by atoms with Crippen LogP contribution in [-0.4, -0.2) is 25.0 Å². The Labute approximate surface area is 125 Å². The fraction of sp³-hybridized carbons (Fsp3) is 0.529. The van der Waals surface area contributed by atoms with Crippen LogP contribution in [0.2, 0.25) is 0 Å². The maximum atomic E-state index is 12.7. The number of fused-ring (bicyclic) bond motifs is 1. The molecule has 1 heterocycles. The summed E-state index contributed by atoms with van der Waals surface area (Å²) in [6.07, 6.45) is 5.91. The monoisotopic (exact) mass is 283 g/mol. The number of hydrogen-bond acceptors (Lipinski definition) is 3. The number of carbonyl (C=O) groups excluding carboxylic acids is 1. The van der Waals surface area contributed by atoms with E-state index in [1.54, 1.807) is 18.0 Å². The van der Waals surface area contributed by atoms with Crippen LogP contribution >= 0.6 is 0 Å². The predicted octanol–water partition coefficient (Wildman–Crippen LogP) is 2.44. The molecule has 1 saturated carbocycles. The molecule has 1 amide bonds. The largest absolute Gasteiger partial charge is 0.313 e. The first-order chi connectivity index (χ1) is 10.2. The highest BCUT2D eigenvalue weighted by molar-refractivity contribution is 5.98. The van der Waals surface area contributed by atoms with Gasteiger partial charge in [0.2, 0.25) is 5.91 Å². The van der Waals surface area contributed by atoms with Crippen LogP contribution in [0.5, 0.6) is 0 Å². The number of rotatable bonds is 2. The van der Waals surface area contributed by atoms with Crippen molar-refractivity contribution in [3.8, 4) is 6.07 Å². The Kier molecular flexibility index (Phi) is 3.94. The van der Waals surface area contributed by atoms with Crippen molar-refractivity contribution in [1.82, 2.24) is 5.32 Å². The molecule has 3 atom stereocenters. The fourth-order valence-electron chi connectivity index (χ4n) is 3.72. The molecule has 1 aromatic carbocycles. The molecule has 1 aliphatic heterocycles. The van der Waals surface area contributed by atoms with Crippen LogP contribution in [0.15, 0.2) is 24.3 Å². The van der Waals surface area contributed by atoms with Crippen molar-refractivity contribution in [2.45, 2.75) is 44.2 Å². The van der Waals surface area contributed by atoms with E-state index in [4.69, 9.17) is 0 Å². The molecule has 110 valence electrons. The lowest BCUT2D eigenvalue weighted by Crippen LogP contribution is -2.44. The van der Waals surface area contributed by atoms with Gasteiger partial charge in [0.25, 0.3) is 0 Å². The minimum Gasteiger partial charge on any atom is -0.313 e. The second-order valence-electron chi connectivity index (χ2n) is 6.13. The summed E-state index contributed by atoms with van der Waals surface area (Å²) in [6.45, 7) is 0. The minimum atomic E-state index is -0.102. The molecule has 21 heavy (non-hydrogen) atoms. The van der Waals surface area contributed by atoms with Crippen molar-refractivity contribution in [3.05, 3.63) is 29.8 Å². The topological polar surface area (TPSA) is 56.1 Å². The summed E-state index contributed by atoms with van der Waals surface area (Å²) >= 11 is 0. The molecule has 3 unspecified atom stereocenters. The van der Waals surface area contributed by atoms with Crippen molar-refractivity contribution in [2.24, 2.45) is 5.92 Å². The molecule has 3 rings (SSSR count). The molecule has 2 fully saturated rings. The van der Waals surface area contributed by atoms with Gasteiger partial charge in [-0.1, -0.05) is 25.0 Å². The summed E-state index contributed by atoms with van der Waals surface area (Å²) in [5.74, 6) is 0.722. The Balaban J connectivity index is 1.75. The van der Waals surface area contributed by atoms with Gasteiger partial charge in [0.1, 0.15) is 6.07 Å². The first-order valence-electron chi connectivity index (χ1n) is 7.73. The number of hydrogen-bond donors (Lipinski definition) is 1. The van der Waals surface area contributed by atoms with Crippen molar-refractivity contribution >= 4 is 11.6 Å². The first-order valence-corrected chi connectivity index (χ1v) is 7.73. The van der Waals surface area contributed by atoms with Crippen molar-refractivity contribution in [2.75, 3.05) is 11.9 Å². The zero-order valence-corrected chi connectivity index (χ0v) is 12.4. The molecule has 2 aliphatic rings. The Morgan fingerprint density at radius 2 is 2.10 bits per heavy atom. The summed E-state index contributed by atoms with van der Waals surface area (Å²) in [6, 6.07) is 9.83. The van der Waals surface area contributed by atoms with Gasteiger partial charge in [0, 0.05) is 13.1 Å². The van der Waals surface area contributed by atoms with Gasteiger partial charge in [0.15, 0.2) is 0 Å². The molecular weight excluding hydrogens is 262 g/mol. The minimum absolute atomic E-state index is 0.0760. The summed E-state index contributed by atoms with van der Waals surface area (Å²) in [7, 11) is 1.77. The Morgan fingerprint density at radius 3 is 2.86 bits per heavy atom. The smallest absolute Gasteiger partial charge is 0.243 e. The number of carbonyl (C=O) groups is 1. The number of nitrogens with zero attached hydrogens (tertiary/aromatic N) is 2. The second-order valence-corrected chi connectivity index (χ2v) is 6.13. The van der Waals surface area contributed by atoms with Gasteiger partial charge < -0.3 is 10.2 Å². The molecule has 0 bridgehead atoms. The second kappa shape index (κ2) is 5.87. The molecule has 4 heteroatoms. The average Bonchev–Trinajstić information content (AvgIpc) is 2.97. The Morgan fingerprint density at radius 1 is 1.33 bits per heavy atom. The molecule has 0 radical (unpaired) electrons. The number of likely N-dealkylation sites (N-methyl/N-ethyl adjacent to an activating group) is 1. The quantitative estimate of drug-likeness (QED) is 0.907. The van der Waals surface area contributed by atoms with E-state index >= 15 is 0 Å². The van der Waals surface area contributed by atoms with Gasteiger partial charge in [0.05, 0.1) is 17.3 Å². The van der Waals surface area contributed by atoms with E-state index in [9.17, 15) is 10.1 Å². The molecule has 0 spiro atoms. The van der Waals surface area contributed by atoms with Crippen LogP contribution in [0.4, 0.5) is 5.69 Å². The molecule has 0 aromatic heterocycles. The molecular formula is C17H21N3O. The SMILES string of the molecule is CN(C(=O)C1CC2CCCCC2N1)c1ccccc1C#N. The van der Waals surface area contributed by atoms with Gasteiger partial charge in [-0.2, -0.15) is 5.26 Å². The van der Waals surface area contributed by atoms with E-state index in [0.717, 1.165) is 6.42 Å². The highest BCUT2D eigenvalue weighted by Crippen LogP contribution is 2.34. The van der Waals surface area contributed by atoms with Crippen LogP contribution in [0, 0.1) is 17.2 Å². The molecule has 1 saturated heterocycles. The summed E-state index contributed by atoms with van der Waals surface area (Å²) in [5.41, 5.74) is 1.24. The summed E-state index contributed by atoms with van der Waals surface area (Å²) in [5, 5.41) is 12.7. The first kappa shape index (κ1) is 14.1. The fourth-order valence-corrected chi connectivity index (χ4v) is 3.72. The maximum Gasteiger partial charge on any atom is 0.243 e. The van der Waals surface area contributed by atoms with E-state index in [1.165, 1.54) is 25.7 Å². The van der Waals surface area contributed by atoms with E-state index in [1.807, 2.05) is 18.2 Å². The zero-order chi connectivity index (χ0) is 14.8. The van der Waals surface area contributed by atoms with E-state index in [-0.39, 0.29) is 11.9 Å². The lowest BCUT2D eigenvalue weighted by molar-refractivity contribution is -0.120. The Hall–Kier alpha value is -1.86. The third-order valence-corrected chi connectivity index (χ3v) is 4.88. The Bertz CT molecular complexity index is 564. The van der Waals surface area contributed by atoms with Gasteiger partial charge in [-0.25, -0.2) is 0 Å². The van der Waals surface area contributed by atoms with Gasteiger partial charge >= 0.3 is 0 Å². The van der Waals surface area contributed by atoms with Crippen LogP contribution in [0.25, 0.3) is 0 Å². The number of nitrogens with one attached hydrogen (secondary N) is 1. The average molecular weight is 283 g/mol. The van der Waals surface area contributed by atoms with Crippen LogP contribution in [0.3, 0.4) is 0 Å². The van der Waals surface area contributed by atoms with Gasteiger partial charge in [-0.05, 0) is 37.3 Å². The summed E-state index contributed by atoms with van der Waals surface area (Å²) in [4.78, 5) is 14.3. The van der Waals surface area contributed by atoms with Crippen LogP contribution in [0.1, 0.15) is 37.7 Å². The normalized spacial score (nSPS) is 27.7. The van der Waals surface area contributed by atoms with Crippen molar-refractivity contribution < 1.29 is 4.79 Å².